The minimum Gasteiger partial charge on any atom is -0.508 e. The highest BCUT2D eigenvalue weighted by Crippen LogP contribution is 2.42. The Hall–Kier alpha value is -2.89. The van der Waals surface area contributed by atoms with Gasteiger partial charge in [0.25, 0.3) is 0 Å². The molecule has 1 atom stereocenters. The second-order valence-electron chi connectivity index (χ2n) is 11.2. The van der Waals surface area contributed by atoms with Gasteiger partial charge in [0.05, 0.1) is 10.6 Å². The lowest BCUT2D eigenvalue weighted by atomic mass is 9.81. The van der Waals surface area contributed by atoms with Crippen molar-refractivity contribution in [3.8, 4) is 16.9 Å². The molecule has 7 heteroatoms. The molecule has 1 unspecified atom stereocenters. The van der Waals surface area contributed by atoms with Crippen LogP contribution in [0.25, 0.3) is 16.8 Å². The Morgan fingerprint density at radius 1 is 1.02 bits per heavy atom. The van der Waals surface area contributed by atoms with Gasteiger partial charge in [-0.1, -0.05) is 89.9 Å². The van der Waals surface area contributed by atoms with E-state index in [9.17, 15) is 14.7 Å². The monoisotopic (exact) mass is 631 g/mol. The van der Waals surface area contributed by atoms with Crippen LogP contribution in [0.15, 0.2) is 55.1 Å². The fraction of sp³-hybridized carbons (Fsp3) is 0.444. The van der Waals surface area contributed by atoms with E-state index in [0.29, 0.717) is 65.4 Å². The SMILES string of the molecule is C=C/C(CC)=C(/NC(CCC)(CCC(C)C)C(C)=O)c1cc(Cl)c(-c2cc(O)ccc2Cl)c(F)c1CCC.C=CC(C)=O. The number of hydrogen-bond acceptors (Lipinski definition) is 4. The van der Waals surface area contributed by atoms with Gasteiger partial charge in [0.1, 0.15) is 11.6 Å². The molecule has 0 aliphatic rings. The largest absolute Gasteiger partial charge is 0.508 e. The summed E-state index contributed by atoms with van der Waals surface area (Å²) in [5.74, 6) is -0.00149. The maximum atomic E-state index is 16.4. The maximum Gasteiger partial charge on any atom is 0.155 e. The molecule has 2 rings (SSSR count). The molecule has 0 fully saturated rings. The normalized spacial score (nSPS) is 12.9. The molecule has 0 saturated heterocycles. The standard InChI is InChI=1S/C32H42Cl2FNO2.C4H6O/c1-8-12-24-25(19-28(34)29(30(24)35)26-18-23(38)13-14-27(26)33)31(22(10-3)11-4)36-32(16-9-2,21(7)37)17-15-20(5)6;1-3-4(2)5/h10,13-14,18-20,36,38H,3,8-9,11-12,15-17H2,1-2,4-7H3;3H,1H2,2H3/b31-22-;. The number of nitrogens with one attached hydrogen (secondary N) is 1. The average Bonchev–Trinajstić information content (AvgIpc) is 2.95. The van der Waals surface area contributed by atoms with Crippen LogP contribution in [0.1, 0.15) is 98.1 Å². The lowest BCUT2D eigenvalue weighted by Gasteiger charge is -2.36. The molecule has 0 amide bonds. The van der Waals surface area contributed by atoms with E-state index >= 15 is 4.39 Å². The van der Waals surface area contributed by atoms with Gasteiger partial charge in [-0.2, -0.15) is 0 Å². The van der Waals surface area contributed by atoms with E-state index in [1.54, 1.807) is 19.1 Å². The first-order valence-corrected chi connectivity index (χ1v) is 15.8. The summed E-state index contributed by atoms with van der Waals surface area (Å²) >= 11 is 13.2. The van der Waals surface area contributed by atoms with E-state index in [2.05, 4.69) is 39.2 Å². The van der Waals surface area contributed by atoms with Crippen molar-refractivity contribution in [2.75, 3.05) is 0 Å². The summed E-state index contributed by atoms with van der Waals surface area (Å²) in [7, 11) is 0. The predicted molar refractivity (Wildman–Crippen MR) is 181 cm³/mol. The van der Waals surface area contributed by atoms with Gasteiger partial charge >= 0.3 is 0 Å². The van der Waals surface area contributed by atoms with Crippen LogP contribution in [-0.2, 0) is 16.0 Å². The van der Waals surface area contributed by atoms with Crippen molar-refractivity contribution in [2.24, 2.45) is 5.92 Å². The van der Waals surface area contributed by atoms with Crippen LogP contribution < -0.4 is 5.32 Å². The van der Waals surface area contributed by atoms with Crippen LogP contribution in [0.5, 0.6) is 5.75 Å². The van der Waals surface area contributed by atoms with Crippen LogP contribution >= 0.6 is 23.2 Å². The fourth-order valence-electron chi connectivity index (χ4n) is 4.96. The summed E-state index contributed by atoms with van der Waals surface area (Å²) in [5.41, 5.74) is 2.37. The Labute approximate surface area is 268 Å². The zero-order chi connectivity index (χ0) is 32.9. The quantitative estimate of drug-likeness (QED) is 0.151. The summed E-state index contributed by atoms with van der Waals surface area (Å²) in [6, 6.07) is 6.15. The molecule has 43 heavy (non-hydrogen) atoms. The number of Topliss-reactive ketones (excluding diaryl/α,β-unsaturated/α-hetero) is 1. The number of aromatic hydroxyl groups is 1. The second kappa shape index (κ2) is 18.0. The summed E-state index contributed by atoms with van der Waals surface area (Å²) < 4.78 is 16.4. The minimum atomic E-state index is -0.794. The molecule has 0 bridgehead atoms. The van der Waals surface area contributed by atoms with Gasteiger partial charge in [0, 0.05) is 27.4 Å². The molecule has 0 aliphatic carbocycles. The van der Waals surface area contributed by atoms with Gasteiger partial charge in [0.2, 0.25) is 0 Å². The van der Waals surface area contributed by atoms with Crippen LogP contribution in [0.4, 0.5) is 4.39 Å². The fourth-order valence-corrected chi connectivity index (χ4v) is 5.47. The van der Waals surface area contributed by atoms with Crippen LogP contribution in [0.2, 0.25) is 10.0 Å². The topological polar surface area (TPSA) is 66.4 Å². The molecule has 0 saturated carbocycles. The van der Waals surface area contributed by atoms with Gasteiger partial charge in [-0.3, -0.25) is 9.59 Å². The van der Waals surface area contributed by atoms with Crippen molar-refractivity contribution in [3.05, 3.63) is 82.1 Å². The third-order valence-electron chi connectivity index (χ3n) is 7.41. The molecule has 0 aliphatic heterocycles. The Kier molecular flexibility index (Phi) is 16.0. The highest BCUT2D eigenvalue weighted by Gasteiger charge is 2.36. The molecule has 0 aromatic heterocycles. The number of carbonyl (C=O) groups excluding carboxylic acids is 2. The maximum absolute atomic E-state index is 16.4. The van der Waals surface area contributed by atoms with Crippen molar-refractivity contribution >= 4 is 40.5 Å². The van der Waals surface area contributed by atoms with Crippen molar-refractivity contribution < 1.29 is 19.1 Å². The van der Waals surface area contributed by atoms with Crippen LogP contribution in [0.3, 0.4) is 0 Å². The summed E-state index contributed by atoms with van der Waals surface area (Å²) in [6.07, 6.45) is 7.85. The summed E-state index contributed by atoms with van der Waals surface area (Å²) in [6.45, 7) is 20.7. The van der Waals surface area contributed by atoms with E-state index in [1.165, 1.54) is 31.2 Å². The van der Waals surface area contributed by atoms with E-state index in [4.69, 9.17) is 23.2 Å². The Morgan fingerprint density at radius 3 is 2.12 bits per heavy atom. The number of benzene rings is 2. The highest BCUT2D eigenvalue weighted by molar-refractivity contribution is 6.36. The molecular formula is C36H48Cl2FNO3. The Bertz CT molecular complexity index is 1330. The number of carbonyl (C=O) groups is 2. The second-order valence-corrected chi connectivity index (χ2v) is 12.0. The molecule has 0 heterocycles. The number of phenolic OH excluding ortho intramolecular Hbond substituents is 1. The minimum absolute atomic E-state index is 0.0185. The van der Waals surface area contributed by atoms with Gasteiger partial charge in [0.15, 0.2) is 11.6 Å². The molecule has 236 valence electrons. The average molecular weight is 633 g/mol. The number of hydrogen-bond donors (Lipinski definition) is 2. The van der Waals surface area contributed by atoms with Crippen molar-refractivity contribution in [1.29, 1.82) is 0 Å². The van der Waals surface area contributed by atoms with Crippen molar-refractivity contribution in [1.82, 2.24) is 5.32 Å². The number of phenols is 1. The van der Waals surface area contributed by atoms with E-state index in [-0.39, 0.29) is 27.9 Å². The molecule has 2 aromatic rings. The molecular weight excluding hydrogens is 584 g/mol. The Balaban J connectivity index is 0.00000170. The van der Waals surface area contributed by atoms with E-state index < -0.39 is 11.4 Å². The zero-order valence-corrected chi connectivity index (χ0v) is 28.3. The van der Waals surface area contributed by atoms with E-state index in [1.807, 2.05) is 13.8 Å². The summed E-state index contributed by atoms with van der Waals surface area (Å²) in [4.78, 5) is 22.9. The van der Waals surface area contributed by atoms with Crippen LogP contribution in [0, 0.1) is 11.7 Å². The number of ketones is 2. The smallest absolute Gasteiger partial charge is 0.155 e. The predicted octanol–water partition coefficient (Wildman–Crippen LogP) is 10.7. The van der Waals surface area contributed by atoms with Gasteiger partial charge in [-0.05, 0) is 93.3 Å². The molecule has 2 aromatic carbocycles. The van der Waals surface area contributed by atoms with Gasteiger partial charge in [-0.25, -0.2) is 4.39 Å². The molecule has 0 spiro atoms. The first-order chi connectivity index (χ1) is 20.2. The molecule has 0 radical (unpaired) electrons. The third kappa shape index (κ3) is 10.4. The number of allylic oxidation sites excluding steroid dienone is 3. The Morgan fingerprint density at radius 2 is 1.65 bits per heavy atom. The number of rotatable bonds is 15. The lowest BCUT2D eigenvalue weighted by Crippen LogP contribution is -2.50. The number of halogens is 3. The highest BCUT2D eigenvalue weighted by atomic mass is 35.5. The molecule has 4 nitrogen and oxygen atoms in total. The third-order valence-corrected chi connectivity index (χ3v) is 8.04. The first-order valence-electron chi connectivity index (χ1n) is 15.0. The van der Waals surface area contributed by atoms with Crippen LogP contribution in [-0.4, -0.2) is 22.2 Å². The zero-order valence-electron chi connectivity index (χ0n) is 26.8. The lowest BCUT2D eigenvalue weighted by molar-refractivity contribution is -0.123. The first kappa shape index (κ1) is 38.1. The molecule has 2 N–H and O–H groups in total. The van der Waals surface area contributed by atoms with Crippen molar-refractivity contribution in [3.63, 3.8) is 0 Å². The van der Waals surface area contributed by atoms with Crippen molar-refractivity contribution in [2.45, 2.75) is 99.0 Å². The van der Waals surface area contributed by atoms with Gasteiger partial charge in [-0.15, -0.1) is 0 Å². The van der Waals surface area contributed by atoms with E-state index in [0.717, 1.165) is 18.4 Å². The summed E-state index contributed by atoms with van der Waals surface area (Å²) in [5, 5.41) is 14.2. The van der Waals surface area contributed by atoms with Gasteiger partial charge < -0.3 is 10.4 Å².